The van der Waals surface area contributed by atoms with Gasteiger partial charge in [-0.3, -0.25) is 13.8 Å². The highest BCUT2D eigenvalue weighted by Crippen LogP contribution is 2.42. The molecule has 0 aromatic carbocycles. The number of rotatable bonds is 22. The fourth-order valence-electron chi connectivity index (χ4n) is 2.93. The second kappa shape index (κ2) is 23.6. The molecule has 0 amide bonds. The maximum Gasteiger partial charge on any atom is 0.472 e. The Kier molecular flexibility index (Phi) is 22.4. The topological polar surface area (TPSA) is 130 Å². The highest BCUT2D eigenvalue weighted by molar-refractivity contribution is 7.47. The van der Waals surface area contributed by atoms with E-state index in [2.05, 4.69) is 71.9 Å². The van der Waals surface area contributed by atoms with E-state index < -0.39 is 33.1 Å². The van der Waals surface area contributed by atoms with Crippen molar-refractivity contribution in [2.24, 2.45) is 5.92 Å². The van der Waals surface area contributed by atoms with Crippen molar-refractivity contribution in [2.75, 3.05) is 26.4 Å². The monoisotopic (exact) mass is 528 g/mol. The highest BCUT2D eigenvalue weighted by atomic mass is 31.2. The lowest BCUT2D eigenvalue weighted by molar-refractivity contribution is -0.371. The summed E-state index contributed by atoms with van der Waals surface area (Å²) in [4.78, 5) is 22.0. The number of aliphatic hydroxyl groups excluding tert-OH is 1. The van der Waals surface area contributed by atoms with Gasteiger partial charge in [-0.25, -0.2) is 4.57 Å². The number of carbonyl (C=O) groups is 1. The Morgan fingerprint density at radius 2 is 1.42 bits per heavy atom. The lowest BCUT2D eigenvalue weighted by Crippen LogP contribution is -2.52. The fraction of sp³-hybridized carbons (Fsp3) is 0.593. The van der Waals surface area contributed by atoms with Gasteiger partial charge in [0.05, 0.1) is 25.7 Å². The first-order valence-corrected chi connectivity index (χ1v) is 14.4. The van der Waals surface area contributed by atoms with Crippen molar-refractivity contribution in [1.29, 1.82) is 0 Å². The summed E-state index contributed by atoms with van der Waals surface area (Å²) < 4.78 is 26.4. The third kappa shape index (κ3) is 20.4. The molecule has 0 aliphatic carbocycles. The molecule has 8 nitrogen and oxygen atoms in total. The highest BCUT2D eigenvalue weighted by Gasteiger charge is 2.26. The van der Waals surface area contributed by atoms with E-state index in [0.29, 0.717) is 19.4 Å². The molecular weight excluding hydrogens is 481 g/mol. The lowest BCUT2D eigenvalue weighted by Gasteiger charge is -2.20. The summed E-state index contributed by atoms with van der Waals surface area (Å²) in [6.45, 7) is 3.34. The van der Waals surface area contributed by atoms with Crippen LogP contribution < -0.4 is 5.73 Å². The first kappa shape index (κ1) is 34.2. The molecular formula is C27H47NO7P+. The maximum absolute atomic E-state index is 12.4. The number of hydrogen-bond acceptors (Lipinski definition) is 6. The molecule has 3 unspecified atom stereocenters. The maximum atomic E-state index is 12.4. The summed E-state index contributed by atoms with van der Waals surface area (Å²) in [5, 5.41) is 9.42. The van der Waals surface area contributed by atoms with Crippen molar-refractivity contribution in [3.05, 3.63) is 60.8 Å². The number of phosphoric acid groups is 1. The van der Waals surface area contributed by atoms with E-state index in [1.807, 2.05) is 13.0 Å². The zero-order valence-electron chi connectivity index (χ0n) is 22.0. The van der Waals surface area contributed by atoms with Gasteiger partial charge in [-0.2, -0.15) is 0 Å². The van der Waals surface area contributed by atoms with Crippen LogP contribution >= 0.6 is 7.82 Å². The van der Waals surface area contributed by atoms with E-state index in [0.717, 1.165) is 38.5 Å². The van der Waals surface area contributed by atoms with Crippen LogP contribution in [0, 0.1) is 5.92 Å². The summed E-state index contributed by atoms with van der Waals surface area (Å²) in [6, 6.07) is 0. The van der Waals surface area contributed by atoms with Crippen LogP contribution in [0.1, 0.15) is 65.2 Å². The first-order valence-electron chi connectivity index (χ1n) is 12.9. The van der Waals surface area contributed by atoms with Gasteiger partial charge in [-0.1, -0.05) is 74.6 Å². The van der Waals surface area contributed by atoms with Crippen LogP contribution in [0.3, 0.4) is 0 Å². The molecule has 0 heterocycles. The Morgan fingerprint density at radius 1 is 0.889 bits per heavy atom. The Morgan fingerprint density at radius 3 is 1.89 bits per heavy atom. The Labute approximate surface area is 217 Å². The minimum Gasteiger partial charge on any atom is -0.457 e. The Hall–Kier alpha value is -1.80. The summed E-state index contributed by atoms with van der Waals surface area (Å²) in [5.41, 5.74) is 3.50. The molecule has 206 valence electrons. The van der Waals surface area contributed by atoms with Gasteiger partial charge in [0.1, 0.15) is 12.7 Å². The van der Waals surface area contributed by atoms with Gasteiger partial charge in [-0.05, 0) is 51.4 Å². The molecule has 36 heavy (non-hydrogen) atoms. The summed E-state index contributed by atoms with van der Waals surface area (Å²) in [5.74, 6) is -0.789. The number of esters is 1. The fourth-order valence-corrected chi connectivity index (χ4v) is 3.72. The van der Waals surface area contributed by atoms with Gasteiger partial charge in [0.2, 0.25) is 0 Å². The largest absolute Gasteiger partial charge is 0.472 e. The number of phosphoric ester groups is 1. The SMILES string of the molecule is CCC=CCC=CCC=CCC=CCC=CCCC(CC)C(=O)OC(CO)COP(=O)(O)OCC[NH3+]. The number of quaternary nitrogens is 1. The molecule has 5 N–H and O–H groups in total. The van der Waals surface area contributed by atoms with E-state index in [9.17, 15) is 19.4 Å². The van der Waals surface area contributed by atoms with E-state index in [4.69, 9.17) is 9.26 Å². The zero-order valence-corrected chi connectivity index (χ0v) is 22.9. The van der Waals surface area contributed by atoms with E-state index in [1.54, 1.807) is 0 Å². The van der Waals surface area contributed by atoms with Crippen LogP contribution in [0.2, 0.25) is 0 Å². The van der Waals surface area contributed by atoms with Crippen LogP contribution in [0.25, 0.3) is 0 Å². The molecule has 3 atom stereocenters. The number of allylic oxidation sites excluding steroid dienone is 10. The van der Waals surface area contributed by atoms with E-state index in [1.165, 1.54) is 0 Å². The molecule has 0 fully saturated rings. The molecule has 0 spiro atoms. The molecule has 0 saturated heterocycles. The molecule has 0 rings (SSSR count). The smallest absolute Gasteiger partial charge is 0.457 e. The molecule has 0 aromatic rings. The minimum absolute atomic E-state index is 0.0366. The second-order valence-electron chi connectivity index (χ2n) is 8.08. The van der Waals surface area contributed by atoms with Gasteiger partial charge in [-0.15, -0.1) is 0 Å². The average Bonchev–Trinajstić information content (AvgIpc) is 2.87. The molecule has 0 aliphatic heterocycles. The predicted octanol–water partition coefficient (Wildman–Crippen LogP) is 4.82. The molecule has 0 aliphatic rings. The number of hydrogen-bond donors (Lipinski definition) is 3. The summed E-state index contributed by atoms with van der Waals surface area (Å²) in [7, 11) is -4.26. The van der Waals surface area contributed by atoms with Crippen LogP contribution in [-0.2, 0) is 23.1 Å². The van der Waals surface area contributed by atoms with Crippen molar-refractivity contribution in [2.45, 2.75) is 71.3 Å². The Bertz CT molecular complexity index is 746. The van der Waals surface area contributed by atoms with Crippen LogP contribution in [0.5, 0.6) is 0 Å². The van der Waals surface area contributed by atoms with Gasteiger partial charge in [0.25, 0.3) is 0 Å². The molecule has 9 heteroatoms. The third-order valence-corrected chi connectivity index (χ3v) is 5.96. The predicted molar refractivity (Wildman–Crippen MR) is 144 cm³/mol. The van der Waals surface area contributed by atoms with Gasteiger partial charge in [0, 0.05) is 0 Å². The zero-order chi connectivity index (χ0) is 26.9. The van der Waals surface area contributed by atoms with E-state index in [-0.39, 0.29) is 12.5 Å². The second-order valence-corrected chi connectivity index (χ2v) is 9.54. The number of carbonyl (C=O) groups excluding carboxylic acids is 1. The van der Waals surface area contributed by atoms with Crippen LogP contribution in [0.15, 0.2) is 60.8 Å². The summed E-state index contributed by atoms with van der Waals surface area (Å²) >= 11 is 0. The molecule has 0 bridgehead atoms. The Balaban J connectivity index is 4.16. The minimum atomic E-state index is -4.26. The quantitative estimate of drug-likeness (QED) is 0.104. The van der Waals surface area contributed by atoms with Crippen LogP contribution in [0.4, 0.5) is 0 Å². The van der Waals surface area contributed by atoms with Crippen molar-refractivity contribution >= 4 is 13.8 Å². The summed E-state index contributed by atoms with van der Waals surface area (Å²) in [6.07, 6.45) is 27.1. The molecule has 0 aromatic heterocycles. The van der Waals surface area contributed by atoms with Gasteiger partial charge < -0.3 is 20.5 Å². The number of ether oxygens (including phenoxy) is 1. The molecule has 0 saturated carbocycles. The van der Waals surface area contributed by atoms with E-state index >= 15 is 0 Å². The van der Waals surface area contributed by atoms with Gasteiger partial charge in [0.15, 0.2) is 0 Å². The van der Waals surface area contributed by atoms with Crippen molar-refractivity contribution < 1.29 is 38.9 Å². The standard InChI is InChI=1S/C27H46NO7P/c1-3-5-6-7-8-9-10-11-12-13-14-15-16-17-18-19-20-25(4-2)27(30)35-26(23-29)24-34-36(31,32)33-22-21-28/h5-6,8-9,11-12,14-15,17-18,25-26,29H,3-4,7,10,13,16,19-24,28H2,1-2H3,(H,31,32)/p+1. The van der Waals surface area contributed by atoms with Crippen LogP contribution in [-0.4, -0.2) is 48.4 Å². The van der Waals surface area contributed by atoms with Crippen molar-refractivity contribution in [1.82, 2.24) is 0 Å². The number of aliphatic hydroxyl groups is 1. The first-order chi connectivity index (χ1) is 17.4. The normalized spacial score (nSPS) is 16.0. The van der Waals surface area contributed by atoms with Gasteiger partial charge >= 0.3 is 13.8 Å². The third-order valence-electron chi connectivity index (χ3n) is 4.97. The van der Waals surface area contributed by atoms with Crippen molar-refractivity contribution in [3.63, 3.8) is 0 Å². The lowest BCUT2D eigenvalue weighted by atomic mass is 10.0. The molecule has 0 radical (unpaired) electrons. The van der Waals surface area contributed by atoms with Crippen molar-refractivity contribution in [3.8, 4) is 0 Å². The average molecular weight is 529 g/mol.